The normalized spacial score (nSPS) is 10.8. The second-order valence-corrected chi connectivity index (χ2v) is 4.19. The van der Waals surface area contributed by atoms with E-state index in [1.54, 1.807) is 0 Å². The van der Waals surface area contributed by atoms with Gasteiger partial charge >= 0.3 is 16.6 Å². The van der Waals surface area contributed by atoms with Crippen LogP contribution in [0.15, 0.2) is 24.3 Å². The maximum atomic E-state index is 8.74. The maximum Gasteiger partial charge on any atom is 0.503 e. The summed E-state index contributed by atoms with van der Waals surface area (Å²) in [6.07, 6.45) is 0.507. The molecule has 4 N–H and O–H groups in total. The topological polar surface area (TPSA) is 141 Å². The number of rotatable bonds is 0. The first-order chi connectivity index (χ1) is 8.70. The van der Waals surface area contributed by atoms with Gasteiger partial charge in [-0.1, -0.05) is 25.6 Å². The molecule has 0 saturated heterocycles. The van der Waals surface area contributed by atoms with Crippen LogP contribution in [0.2, 0.25) is 0 Å². The number of benzene rings is 1. The van der Waals surface area contributed by atoms with E-state index in [0.29, 0.717) is 0 Å². The molecule has 0 aromatic heterocycles. The van der Waals surface area contributed by atoms with Gasteiger partial charge in [-0.05, 0) is 24.5 Å². The van der Waals surface area contributed by atoms with E-state index < -0.39 is 16.6 Å². The molecule has 1 aliphatic rings. The van der Waals surface area contributed by atoms with Crippen molar-refractivity contribution in [1.29, 1.82) is 0 Å². The van der Waals surface area contributed by atoms with Crippen LogP contribution in [0, 0.1) is 0 Å². The number of fused-ring (bicyclic) bond motifs is 1. The van der Waals surface area contributed by atoms with Crippen LogP contribution in [0.25, 0.3) is 0 Å². The molecule has 1 heterocycles. The van der Waals surface area contributed by atoms with Gasteiger partial charge in [0.15, 0.2) is 0 Å². The first-order valence-electron chi connectivity index (χ1n) is 5.02. The summed E-state index contributed by atoms with van der Waals surface area (Å²) < 4.78 is 37.0. The Bertz CT molecular complexity index is 470. The Morgan fingerprint density at radius 1 is 1.14 bits per heavy atom. The van der Waals surface area contributed by atoms with Crippen molar-refractivity contribution >= 4 is 57.3 Å². The van der Waals surface area contributed by atoms with Crippen molar-refractivity contribution in [3.05, 3.63) is 29.8 Å². The van der Waals surface area contributed by atoms with Crippen molar-refractivity contribution < 1.29 is 37.3 Å². The predicted octanol–water partition coefficient (Wildman–Crippen LogP) is 1.95. The van der Waals surface area contributed by atoms with E-state index in [9.17, 15) is 0 Å². The van der Waals surface area contributed by atoms with Gasteiger partial charge in [-0.2, -0.15) is 21.9 Å². The predicted molar refractivity (Wildman–Crippen MR) is 88.0 cm³/mol. The van der Waals surface area contributed by atoms with Crippen molar-refractivity contribution in [3.63, 3.8) is 0 Å². The molecule has 1 aromatic rings. The molecule has 8 nitrogen and oxygen atoms in total. The van der Waals surface area contributed by atoms with Gasteiger partial charge in [-0.15, -0.1) is 0 Å². The standard InChI is InChI=1S/C9H10O.CH2O3.CH4.H2O4S.Pb.H2S/c1-2-6-9-8(4-1)5-3-7-10-9;2-1(3)4;;1-5(2,3)4;;/h1-2,4,6H,3,5,7H2;(H2,2,3,4);1H4;(H2,1,2,3,4);;1H2. The Morgan fingerprint density at radius 3 is 1.95 bits per heavy atom. The molecule has 0 aliphatic carbocycles. The molecule has 1 aliphatic heterocycles. The third-order valence-corrected chi connectivity index (χ3v) is 1.82. The van der Waals surface area contributed by atoms with E-state index in [2.05, 4.69) is 12.1 Å². The Kier molecular flexibility index (Phi) is 20.5. The Hall–Kier alpha value is -0.568. The third-order valence-electron chi connectivity index (χ3n) is 1.82. The average molecular weight is 552 g/mol. The minimum Gasteiger partial charge on any atom is -0.493 e. The Balaban J connectivity index is -0.000000119. The minimum absolute atomic E-state index is 0. The maximum absolute atomic E-state index is 8.74. The first kappa shape index (κ1) is 29.4. The molecular formula is C11H20O8PbS2. The Labute approximate surface area is 156 Å². The van der Waals surface area contributed by atoms with Crippen molar-refractivity contribution in [3.8, 4) is 5.75 Å². The smallest absolute Gasteiger partial charge is 0.493 e. The van der Waals surface area contributed by atoms with Gasteiger partial charge in [0.05, 0.1) is 6.61 Å². The van der Waals surface area contributed by atoms with Crippen molar-refractivity contribution in [2.24, 2.45) is 0 Å². The van der Waals surface area contributed by atoms with Crippen LogP contribution in [0.3, 0.4) is 0 Å². The molecule has 0 bridgehead atoms. The molecule has 11 heteroatoms. The van der Waals surface area contributed by atoms with E-state index in [1.807, 2.05) is 12.1 Å². The fourth-order valence-electron chi connectivity index (χ4n) is 1.30. The summed E-state index contributed by atoms with van der Waals surface area (Å²) >= 11 is 0. The Morgan fingerprint density at radius 2 is 1.55 bits per heavy atom. The molecule has 0 atom stereocenters. The number of aryl methyl sites for hydroxylation is 1. The molecule has 0 saturated carbocycles. The van der Waals surface area contributed by atoms with Gasteiger partial charge in [-0.25, -0.2) is 4.79 Å². The van der Waals surface area contributed by atoms with E-state index in [0.717, 1.165) is 18.8 Å². The van der Waals surface area contributed by atoms with Crippen molar-refractivity contribution in [2.75, 3.05) is 6.61 Å². The van der Waals surface area contributed by atoms with Crippen LogP contribution in [-0.2, 0) is 16.8 Å². The summed E-state index contributed by atoms with van der Waals surface area (Å²) in [6.45, 7) is 0.886. The van der Waals surface area contributed by atoms with Gasteiger partial charge in [-0.3, -0.25) is 9.11 Å². The molecule has 2 rings (SSSR count). The van der Waals surface area contributed by atoms with Crippen LogP contribution < -0.4 is 4.74 Å². The number of hydrogen-bond acceptors (Lipinski definition) is 4. The van der Waals surface area contributed by atoms with Gasteiger partial charge in [0, 0.05) is 27.3 Å². The fraction of sp³-hybridized carbons (Fsp3) is 0.364. The third kappa shape index (κ3) is 21.7. The van der Waals surface area contributed by atoms with E-state index in [4.69, 9.17) is 37.3 Å². The molecule has 1 aromatic carbocycles. The molecule has 0 spiro atoms. The zero-order valence-electron chi connectivity index (χ0n) is 10.8. The summed E-state index contributed by atoms with van der Waals surface area (Å²) in [7, 11) is -4.67. The van der Waals surface area contributed by atoms with Crippen LogP contribution in [0.4, 0.5) is 4.79 Å². The number of ether oxygens (including phenoxy) is 1. The summed E-state index contributed by atoms with van der Waals surface area (Å²) in [5.41, 5.74) is 1.36. The van der Waals surface area contributed by atoms with E-state index >= 15 is 0 Å². The average Bonchev–Trinajstić information content (AvgIpc) is 2.26. The van der Waals surface area contributed by atoms with Crippen LogP contribution >= 0.6 is 13.5 Å². The summed E-state index contributed by atoms with van der Waals surface area (Å²) in [5, 5.41) is 13.9. The van der Waals surface area contributed by atoms with Gasteiger partial charge < -0.3 is 14.9 Å². The number of hydrogen-bond donors (Lipinski definition) is 4. The van der Waals surface area contributed by atoms with Gasteiger partial charge in [0.25, 0.3) is 0 Å². The van der Waals surface area contributed by atoms with Crippen LogP contribution in [0.1, 0.15) is 19.4 Å². The minimum atomic E-state index is -4.67. The molecule has 0 unspecified atom stereocenters. The summed E-state index contributed by atoms with van der Waals surface area (Å²) in [5.74, 6) is 1.08. The quantitative estimate of drug-likeness (QED) is 0.283. The zero-order valence-corrected chi connectivity index (χ0v) is 16.5. The molecular weight excluding hydrogens is 531 g/mol. The van der Waals surface area contributed by atoms with Crippen molar-refractivity contribution in [2.45, 2.75) is 20.3 Å². The second kappa shape index (κ2) is 15.3. The summed E-state index contributed by atoms with van der Waals surface area (Å²) in [6, 6.07) is 8.25. The monoisotopic (exact) mass is 552 g/mol. The molecule has 4 radical (unpaired) electrons. The summed E-state index contributed by atoms with van der Waals surface area (Å²) in [4.78, 5) is 8.56. The zero-order chi connectivity index (χ0) is 14.9. The molecule has 0 amide bonds. The van der Waals surface area contributed by atoms with Gasteiger partial charge in [0.1, 0.15) is 5.75 Å². The first-order valence-corrected chi connectivity index (χ1v) is 6.42. The molecule has 22 heavy (non-hydrogen) atoms. The number of carbonyl (C=O) groups is 1. The SMILES string of the molecule is C.O=C(O)O.O=S(=O)(O)O.S.[Pb].c1ccc2c(c1)CCCO2. The van der Waals surface area contributed by atoms with Crippen LogP contribution in [0.5, 0.6) is 5.75 Å². The van der Waals surface area contributed by atoms with E-state index in [-0.39, 0.29) is 48.2 Å². The molecule has 128 valence electrons. The van der Waals surface area contributed by atoms with Crippen LogP contribution in [-0.4, -0.2) is 67.8 Å². The number of para-hydroxylation sites is 1. The number of carboxylic acid groups (broad SMARTS) is 2. The van der Waals surface area contributed by atoms with Gasteiger partial charge in [0.2, 0.25) is 0 Å². The van der Waals surface area contributed by atoms with E-state index in [1.165, 1.54) is 12.0 Å². The largest absolute Gasteiger partial charge is 0.503 e. The second-order valence-electron chi connectivity index (χ2n) is 3.29. The molecule has 0 fully saturated rings. The fourth-order valence-corrected chi connectivity index (χ4v) is 1.30. The van der Waals surface area contributed by atoms with Crippen molar-refractivity contribution in [1.82, 2.24) is 0 Å².